The molecule has 1 saturated heterocycles. The molecule has 160 valence electrons. The number of rotatable bonds is 6. The third-order valence-electron chi connectivity index (χ3n) is 6.72. The fraction of sp³-hybridized carbons (Fsp3) is 0.375. The second-order valence-electron chi connectivity index (χ2n) is 8.57. The van der Waals surface area contributed by atoms with Gasteiger partial charge in [-0.3, -0.25) is 14.4 Å². The van der Waals surface area contributed by atoms with E-state index >= 15 is 0 Å². The highest BCUT2D eigenvalue weighted by Crippen LogP contribution is 2.57. The summed E-state index contributed by atoms with van der Waals surface area (Å²) in [5.41, 5.74) is 1.15. The standard InChI is InChI=1S/C24H22ClNO5/c1-12(22(27)13-2-4-15(25)5-3-13)30-17-8-6-16(7-9-17)26-23(28)20-14-10-18-19(11-14)31-24(29)21(18)20/h2-9,12,14,18-21H,10-11H2,1H3,(H,26,28)/t12-,14+,18-,19+,20+,21+/m0/s1. The zero-order chi connectivity index (χ0) is 21.7. The van der Waals surface area contributed by atoms with Crippen LogP contribution in [0.15, 0.2) is 48.5 Å². The number of hydrogen-bond donors (Lipinski definition) is 1. The van der Waals surface area contributed by atoms with E-state index in [4.69, 9.17) is 21.1 Å². The summed E-state index contributed by atoms with van der Waals surface area (Å²) in [7, 11) is 0. The summed E-state index contributed by atoms with van der Waals surface area (Å²) in [6.07, 6.45) is 1.03. The first-order valence-corrected chi connectivity index (χ1v) is 10.9. The molecule has 2 aromatic carbocycles. The summed E-state index contributed by atoms with van der Waals surface area (Å²) in [6, 6.07) is 13.6. The highest BCUT2D eigenvalue weighted by Gasteiger charge is 2.63. The molecule has 5 rings (SSSR count). The van der Waals surface area contributed by atoms with E-state index in [0.29, 0.717) is 22.0 Å². The van der Waals surface area contributed by atoms with Gasteiger partial charge in [-0.25, -0.2) is 0 Å². The Morgan fingerprint density at radius 1 is 1.10 bits per heavy atom. The number of nitrogens with one attached hydrogen (secondary N) is 1. The number of carbonyl (C=O) groups is 3. The van der Waals surface area contributed by atoms with Crippen molar-refractivity contribution in [2.45, 2.75) is 32.0 Å². The Bertz CT molecular complexity index is 1030. The van der Waals surface area contributed by atoms with E-state index in [1.165, 1.54) is 0 Å². The van der Waals surface area contributed by atoms with E-state index < -0.39 is 6.10 Å². The summed E-state index contributed by atoms with van der Waals surface area (Å²) in [6.45, 7) is 1.69. The van der Waals surface area contributed by atoms with Gasteiger partial charge in [0.2, 0.25) is 11.7 Å². The van der Waals surface area contributed by atoms with Gasteiger partial charge in [-0.15, -0.1) is 0 Å². The minimum atomic E-state index is -0.669. The van der Waals surface area contributed by atoms with Crippen LogP contribution in [0.5, 0.6) is 5.75 Å². The predicted molar refractivity (Wildman–Crippen MR) is 114 cm³/mol. The zero-order valence-electron chi connectivity index (χ0n) is 16.9. The number of Topliss-reactive ketones (excluding diaryl/α,β-unsaturated/α-hetero) is 1. The Kier molecular flexibility index (Phi) is 4.97. The van der Waals surface area contributed by atoms with E-state index in [1.54, 1.807) is 55.5 Å². The normalized spacial score (nSPS) is 28.8. The molecule has 0 aromatic heterocycles. The predicted octanol–water partition coefficient (Wildman–Crippen LogP) is 4.13. The van der Waals surface area contributed by atoms with Gasteiger partial charge >= 0.3 is 5.97 Å². The van der Waals surface area contributed by atoms with Crippen LogP contribution in [0.2, 0.25) is 5.02 Å². The molecule has 0 unspecified atom stereocenters. The summed E-state index contributed by atoms with van der Waals surface area (Å²) in [5, 5.41) is 3.49. The molecule has 2 aliphatic carbocycles. The van der Waals surface area contributed by atoms with Gasteiger partial charge in [-0.2, -0.15) is 0 Å². The number of halogens is 1. The first-order chi connectivity index (χ1) is 14.9. The van der Waals surface area contributed by atoms with E-state index in [-0.39, 0.29) is 47.4 Å². The minimum absolute atomic E-state index is 0.0144. The van der Waals surface area contributed by atoms with E-state index in [9.17, 15) is 14.4 Å². The molecule has 2 bridgehead atoms. The molecule has 31 heavy (non-hydrogen) atoms. The maximum absolute atomic E-state index is 12.9. The molecule has 1 aliphatic heterocycles. The number of benzene rings is 2. The molecular weight excluding hydrogens is 418 g/mol. The van der Waals surface area contributed by atoms with E-state index in [2.05, 4.69) is 5.32 Å². The number of anilines is 1. The summed E-state index contributed by atoms with van der Waals surface area (Å²) in [4.78, 5) is 37.5. The third-order valence-corrected chi connectivity index (χ3v) is 6.97. The highest BCUT2D eigenvalue weighted by molar-refractivity contribution is 6.30. The van der Waals surface area contributed by atoms with Crippen LogP contribution >= 0.6 is 11.6 Å². The van der Waals surface area contributed by atoms with Crippen molar-refractivity contribution in [1.29, 1.82) is 0 Å². The number of ether oxygens (including phenoxy) is 2. The Morgan fingerprint density at radius 2 is 1.81 bits per heavy atom. The van der Waals surface area contributed by atoms with E-state index in [1.807, 2.05) is 0 Å². The second kappa shape index (κ2) is 7.68. The Balaban J connectivity index is 1.20. The minimum Gasteiger partial charge on any atom is -0.483 e. The molecular formula is C24H22ClNO5. The van der Waals surface area contributed by atoms with Crippen LogP contribution < -0.4 is 10.1 Å². The average Bonchev–Trinajstić information content (AvgIpc) is 3.38. The Labute approximate surface area is 184 Å². The van der Waals surface area contributed by atoms with Crippen molar-refractivity contribution in [2.75, 3.05) is 5.32 Å². The number of amides is 1. The van der Waals surface area contributed by atoms with Crippen LogP contribution in [0.4, 0.5) is 5.69 Å². The van der Waals surface area contributed by atoms with Gasteiger partial charge in [-0.1, -0.05) is 11.6 Å². The largest absolute Gasteiger partial charge is 0.483 e. The number of carbonyl (C=O) groups excluding carboxylic acids is 3. The lowest BCUT2D eigenvalue weighted by Gasteiger charge is -2.23. The SMILES string of the molecule is C[C@H](Oc1ccc(NC(=O)[C@@H]2[C@@H]3C[C@@H]4[C@H]2C(=O)O[C@@H]4C3)cc1)C(=O)c1ccc(Cl)cc1. The third kappa shape index (κ3) is 3.59. The van der Waals surface area contributed by atoms with Crippen molar-refractivity contribution in [3.63, 3.8) is 0 Å². The van der Waals surface area contributed by atoms with Crippen LogP contribution in [0.3, 0.4) is 0 Å². The van der Waals surface area contributed by atoms with Crippen LogP contribution in [-0.4, -0.2) is 29.9 Å². The van der Waals surface area contributed by atoms with Crippen LogP contribution in [-0.2, 0) is 14.3 Å². The van der Waals surface area contributed by atoms with Crippen molar-refractivity contribution in [2.24, 2.45) is 23.7 Å². The van der Waals surface area contributed by atoms with Gasteiger partial charge in [0.15, 0.2) is 6.10 Å². The van der Waals surface area contributed by atoms with Crippen LogP contribution in [0, 0.1) is 23.7 Å². The summed E-state index contributed by atoms with van der Waals surface area (Å²) in [5.74, 6) is -0.178. The molecule has 1 N–H and O–H groups in total. The number of esters is 1. The van der Waals surface area contributed by atoms with Crippen LogP contribution in [0.1, 0.15) is 30.1 Å². The molecule has 1 amide bonds. The molecule has 6 nitrogen and oxygen atoms in total. The lowest BCUT2D eigenvalue weighted by Crippen LogP contribution is -2.35. The molecule has 3 aliphatic rings. The molecule has 0 spiro atoms. The number of ketones is 1. The van der Waals surface area contributed by atoms with Gasteiger partial charge in [0.05, 0.1) is 11.8 Å². The number of fused-ring (bicyclic) bond motifs is 1. The topological polar surface area (TPSA) is 81.7 Å². The monoisotopic (exact) mass is 439 g/mol. The van der Waals surface area contributed by atoms with Crippen molar-refractivity contribution < 1.29 is 23.9 Å². The average molecular weight is 440 g/mol. The fourth-order valence-corrected chi connectivity index (χ4v) is 5.44. The van der Waals surface area contributed by atoms with Crippen molar-refractivity contribution >= 4 is 34.9 Å². The van der Waals surface area contributed by atoms with Crippen LogP contribution in [0.25, 0.3) is 0 Å². The lowest BCUT2D eigenvalue weighted by molar-refractivity contribution is -0.145. The molecule has 2 aromatic rings. The van der Waals surface area contributed by atoms with Crippen molar-refractivity contribution in [3.05, 3.63) is 59.1 Å². The van der Waals surface area contributed by atoms with E-state index in [0.717, 1.165) is 12.8 Å². The maximum atomic E-state index is 12.9. The maximum Gasteiger partial charge on any atom is 0.310 e. The molecule has 7 heteroatoms. The molecule has 2 saturated carbocycles. The highest BCUT2D eigenvalue weighted by atomic mass is 35.5. The van der Waals surface area contributed by atoms with Crippen molar-refractivity contribution in [1.82, 2.24) is 0 Å². The molecule has 1 heterocycles. The fourth-order valence-electron chi connectivity index (χ4n) is 5.31. The molecule has 3 fully saturated rings. The first kappa shape index (κ1) is 20.1. The van der Waals surface area contributed by atoms with Crippen molar-refractivity contribution in [3.8, 4) is 5.75 Å². The van der Waals surface area contributed by atoms with Gasteiger partial charge in [0.1, 0.15) is 11.9 Å². The van der Waals surface area contributed by atoms with Gasteiger partial charge in [0, 0.05) is 22.2 Å². The van der Waals surface area contributed by atoms with Gasteiger partial charge in [0.25, 0.3) is 0 Å². The molecule has 6 atom stereocenters. The summed E-state index contributed by atoms with van der Waals surface area (Å²) < 4.78 is 11.2. The molecule has 0 radical (unpaired) electrons. The summed E-state index contributed by atoms with van der Waals surface area (Å²) >= 11 is 5.87. The number of hydrogen-bond acceptors (Lipinski definition) is 5. The Hall–Kier alpha value is -2.86. The first-order valence-electron chi connectivity index (χ1n) is 10.5. The van der Waals surface area contributed by atoms with Gasteiger partial charge in [-0.05, 0) is 74.2 Å². The van der Waals surface area contributed by atoms with Gasteiger partial charge < -0.3 is 14.8 Å². The lowest BCUT2D eigenvalue weighted by atomic mass is 9.79. The Morgan fingerprint density at radius 3 is 2.52 bits per heavy atom. The quantitative estimate of drug-likeness (QED) is 0.540. The smallest absolute Gasteiger partial charge is 0.310 e. The second-order valence-corrected chi connectivity index (χ2v) is 9.00. The zero-order valence-corrected chi connectivity index (χ0v) is 17.7.